The Balaban J connectivity index is 1.62. The molecule has 2 aliphatic rings. The summed E-state index contributed by atoms with van der Waals surface area (Å²) in [6.07, 6.45) is 2.02. The van der Waals surface area contributed by atoms with E-state index in [0.29, 0.717) is 12.1 Å². The van der Waals surface area contributed by atoms with Crippen LogP contribution in [-0.4, -0.2) is 42.2 Å². The second-order valence-corrected chi connectivity index (χ2v) is 9.13. The number of carbonyl (C=O) groups excluding carboxylic acids is 2. The van der Waals surface area contributed by atoms with Crippen molar-refractivity contribution in [2.24, 2.45) is 5.92 Å². The van der Waals surface area contributed by atoms with Crippen LogP contribution < -0.4 is 4.90 Å². The summed E-state index contributed by atoms with van der Waals surface area (Å²) in [6.45, 7) is 0.610. The first-order valence-electron chi connectivity index (χ1n) is 11.3. The summed E-state index contributed by atoms with van der Waals surface area (Å²) in [5.41, 5.74) is 3.51. The van der Waals surface area contributed by atoms with E-state index in [9.17, 15) is 9.59 Å². The second kappa shape index (κ2) is 7.15. The third kappa shape index (κ3) is 2.57. The fourth-order valence-corrected chi connectivity index (χ4v) is 6.14. The minimum atomic E-state index is -1.04. The minimum Gasteiger partial charge on any atom is -0.361 e. The molecule has 6 rings (SSSR count). The van der Waals surface area contributed by atoms with Gasteiger partial charge < -0.3 is 9.88 Å². The van der Waals surface area contributed by atoms with E-state index in [-0.39, 0.29) is 17.6 Å². The highest BCUT2D eigenvalue weighted by Crippen LogP contribution is 2.57. The van der Waals surface area contributed by atoms with Crippen molar-refractivity contribution in [2.45, 2.75) is 11.5 Å². The number of Topliss-reactive ketones (excluding diaryl/α,β-unsaturated/α-hetero) is 1. The molecule has 0 aliphatic carbocycles. The maximum Gasteiger partial charge on any atom is 0.252 e. The van der Waals surface area contributed by atoms with Gasteiger partial charge in [-0.1, -0.05) is 66.7 Å². The quantitative estimate of drug-likeness (QED) is 0.480. The fourth-order valence-electron chi connectivity index (χ4n) is 6.14. The molecule has 33 heavy (non-hydrogen) atoms. The van der Waals surface area contributed by atoms with E-state index in [1.54, 1.807) is 4.90 Å². The molecule has 0 radical (unpaired) electrons. The topological polar surface area (TPSA) is 56.4 Å². The lowest BCUT2D eigenvalue weighted by Gasteiger charge is -2.36. The number of likely N-dealkylation sites (tertiary alicyclic amines) is 1. The highest BCUT2D eigenvalue weighted by atomic mass is 16.2. The summed E-state index contributed by atoms with van der Waals surface area (Å²) in [5, 5.41) is 1.10. The maximum absolute atomic E-state index is 14.2. The fraction of sp³-hybridized carbons (Fsp3) is 0.214. The number of fused-ring (bicyclic) bond motifs is 3. The van der Waals surface area contributed by atoms with Crippen molar-refractivity contribution < 1.29 is 9.59 Å². The van der Waals surface area contributed by atoms with Crippen LogP contribution in [0.5, 0.6) is 0 Å². The number of aromatic amines is 1. The summed E-state index contributed by atoms with van der Waals surface area (Å²) in [7, 11) is 3.79. The number of ketones is 1. The van der Waals surface area contributed by atoms with Gasteiger partial charge in [0.15, 0.2) is 5.78 Å². The molecule has 3 atom stereocenters. The van der Waals surface area contributed by atoms with Crippen molar-refractivity contribution in [1.82, 2.24) is 9.88 Å². The smallest absolute Gasteiger partial charge is 0.252 e. The van der Waals surface area contributed by atoms with Crippen LogP contribution in [0.3, 0.4) is 0 Å². The van der Waals surface area contributed by atoms with Crippen LogP contribution in [-0.2, 0) is 10.3 Å². The Bertz CT molecular complexity index is 1390. The molecule has 3 heterocycles. The number of carbonyl (C=O) groups is 2. The predicted octanol–water partition coefficient (Wildman–Crippen LogP) is 4.57. The van der Waals surface area contributed by atoms with Crippen LogP contribution in [0.15, 0.2) is 85.1 Å². The van der Waals surface area contributed by atoms with E-state index >= 15 is 0 Å². The lowest BCUT2D eigenvalue weighted by Crippen LogP contribution is -2.53. The number of nitrogens with zero attached hydrogens (tertiary/aromatic N) is 2. The molecule has 164 valence electrons. The number of H-pyrrole nitrogens is 1. The highest BCUT2D eigenvalue weighted by Gasteiger charge is 2.65. The van der Waals surface area contributed by atoms with Gasteiger partial charge in [0, 0.05) is 53.4 Å². The molecule has 1 saturated heterocycles. The number of benzene rings is 3. The first-order chi connectivity index (χ1) is 16.0. The second-order valence-electron chi connectivity index (χ2n) is 9.13. The molecule has 3 aromatic carbocycles. The normalized spacial score (nSPS) is 24.7. The molecule has 4 aromatic rings. The van der Waals surface area contributed by atoms with E-state index < -0.39 is 11.5 Å². The SMILES string of the molecule is CN1C(=O)[C@@]2(c3ccccc31)[C@H](C(=O)c1ccccc1)[C@@H](c1c[nH]c3ccccc13)CN2C. The van der Waals surface area contributed by atoms with Gasteiger partial charge in [0.2, 0.25) is 0 Å². The number of anilines is 1. The molecule has 5 nitrogen and oxygen atoms in total. The molecule has 1 amide bonds. The molecule has 1 aromatic heterocycles. The average Bonchev–Trinajstić information content (AvgIpc) is 3.48. The van der Waals surface area contributed by atoms with Crippen LogP contribution in [0, 0.1) is 5.92 Å². The van der Waals surface area contributed by atoms with Gasteiger partial charge >= 0.3 is 0 Å². The Morgan fingerprint density at radius 3 is 2.45 bits per heavy atom. The number of likely N-dealkylation sites (N-methyl/N-ethyl adjacent to an activating group) is 2. The van der Waals surface area contributed by atoms with Gasteiger partial charge in [0.25, 0.3) is 5.91 Å². The van der Waals surface area contributed by atoms with Crippen LogP contribution in [0.4, 0.5) is 5.69 Å². The van der Waals surface area contributed by atoms with Crippen LogP contribution >= 0.6 is 0 Å². The number of rotatable bonds is 3. The molecule has 5 heteroatoms. The summed E-state index contributed by atoms with van der Waals surface area (Å²) in [4.78, 5) is 35.5. The molecule has 2 aliphatic heterocycles. The zero-order valence-corrected chi connectivity index (χ0v) is 18.7. The zero-order valence-electron chi connectivity index (χ0n) is 18.7. The van der Waals surface area contributed by atoms with Gasteiger partial charge in [-0.15, -0.1) is 0 Å². The minimum absolute atomic E-state index is 0.00804. The number of amides is 1. The molecular formula is C28H25N3O2. The largest absolute Gasteiger partial charge is 0.361 e. The van der Waals surface area contributed by atoms with E-state index in [1.165, 1.54) is 0 Å². The first-order valence-corrected chi connectivity index (χ1v) is 11.3. The number of hydrogen-bond acceptors (Lipinski definition) is 3. The zero-order chi connectivity index (χ0) is 22.7. The van der Waals surface area contributed by atoms with E-state index in [4.69, 9.17) is 0 Å². The monoisotopic (exact) mass is 435 g/mol. The molecular weight excluding hydrogens is 410 g/mol. The van der Waals surface area contributed by atoms with Crippen molar-refractivity contribution in [2.75, 3.05) is 25.5 Å². The lowest BCUT2D eigenvalue weighted by atomic mass is 9.70. The Morgan fingerprint density at radius 2 is 1.64 bits per heavy atom. The molecule has 1 spiro atoms. The summed E-state index contributed by atoms with van der Waals surface area (Å²) in [6, 6.07) is 25.4. The van der Waals surface area contributed by atoms with Gasteiger partial charge in [-0.2, -0.15) is 0 Å². The highest BCUT2D eigenvalue weighted by molar-refractivity contribution is 6.13. The lowest BCUT2D eigenvalue weighted by molar-refractivity contribution is -0.129. The standard InChI is InChI=1S/C28H25N3O2/c1-30-17-21(20-16-29-23-14-8-6-12-19(20)23)25(26(32)18-10-4-3-5-11-18)28(30)22-13-7-9-15-24(22)31(2)27(28)33/h3-16,21,25,29H,17H2,1-2H3/t21-,25+,28-/m1/s1. The molecule has 0 unspecified atom stereocenters. The Hall–Kier alpha value is -3.70. The van der Waals surface area contributed by atoms with Gasteiger partial charge in [-0.05, 0) is 24.7 Å². The Morgan fingerprint density at radius 1 is 0.939 bits per heavy atom. The number of nitrogens with one attached hydrogen (secondary N) is 1. The Labute approximate surface area is 192 Å². The van der Waals surface area contributed by atoms with Crippen LogP contribution in [0.1, 0.15) is 27.4 Å². The van der Waals surface area contributed by atoms with Crippen LogP contribution in [0.2, 0.25) is 0 Å². The van der Waals surface area contributed by atoms with Gasteiger partial charge in [0.05, 0.1) is 5.92 Å². The van der Waals surface area contributed by atoms with Crippen LogP contribution in [0.25, 0.3) is 10.9 Å². The molecule has 1 fully saturated rings. The summed E-state index contributed by atoms with van der Waals surface area (Å²) < 4.78 is 0. The van der Waals surface area contributed by atoms with Crippen molar-refractivity contribution in [1.29, 1.82) is 0 Å². The van der Waals surface area contributed by atoms with Gasteiger partial charge in [-0.3, -0.25) is 14.5 Å². The molecule has 1 N–H and O–H groups in total. The van der Waals surface area contributed by atoms with Crippen molar-refractivity contribution in [3.63, 3.8) is 0 Å². The van der Waals surface area contributed by atoms with Crippen molar-refractivity contribution in [3.05, 3.63) is 102 Å². The van der Waals surface area contributed by atoms with E-state index in [1.807, 2.05) is 93.1 Å². The number of aromatic nitrogens is 1. The summed E-state index contributed by atoms with van der Waals surface area (Å²) >= 11 is 0. The molecule has 0 saturated carbocycles. The first kappa shape index (κ1) is 19.9. The van der Waals surface area contributed by atoms with E-state index in [2.05, 4.69) is 16.0 Å². The van der Waals surface area contributed by atoms with Gasteiger partial charge in [-0.25, -0.2) is 0 Å². The predicted molar refractivity (Wildman–Crippen MR) is 129 cm³/mol. The molecule has 0 bridgehead atoms. The number of hydrogen-bond donors (Lipinski definition) is 1. The maximum atomic E-state index is 14.2. The van der Waals surface area contributed by atoms with E-state index in [0.717, 1.165) is 27.7 Å². The van der Waals surface area contributed by atoms with Crippen molar-refractivity contribution >= 4 is 28.3 Å². The summed E-state index contributed by atoms with van der Waals surface area (Å²) in [5.74, 6) is -0.721. The third-order valence-corrected chi connectivity index (χ3v) is 7.59. The Kier molecular flexibility index (Phi) is 4.32. The third-order valence-electron chi connectivity index (χ3n) is 7.59. The van der Waals surface area contributed by atoms with Crippen molar-refractivity contribution in [3.8, 4) is 0 Å². The number of para-hydroxylation sites is 2. The average molecular weight is 436 g/mol. The van der Waals surface area contributed by atoms with Gasteiger partial charge in [0.1, 0.15) is 5.54 Å².